The van der Waals surface area contributed by atoms with Gasteiger partial charge in [-0.3, -0.25) is 15.0 Å². The molecular weight excluding hydrogens is 470 g/mol. The first-order valence-corrected chi connectivity index (χ1v) is 14.0. The van der Waals surface area contributed by atoms with Crippen LogP contribution in [0.3, 0.4) is 0 Å². The Morgan fingerprint density at radius 2 is 1.91 bits per heavy atom. The SMILES string of the molecule is CCS(=O)(=O)NC(CC1CCCCC1)C(=O)N1CCCC1C(=O)NCc1ccc(C(=N)N)c(O)c1. The van der Waals surface area contributed by atoms with Crippen LogP contribution in [0.5, 0.6) is 5.75 Å². The number of hydrogen-bond acceptors (Lipinski definition) is 6. The van der Waals surface area contributed by atoms with Gasteiger partial charge in [-0.05, 0) is 49.8 Å². The lowest BCUT2D eigenvalue weighted by molar-refractivity contribution is -0.140. The summed E-state index contributed by atoms with van der Waals surface area (Å²) in [6, 6.07) is 3.07. The number of benzene rings is 1. The molecule has 1 saturated carbocycles. The van der Waals surface area contributed by atoms with Gasteiger partial charge in [0.1, 0.15) is 23.7 Å². The molecule has 2 atom stereocenters. The van der Waals surface area contributed by atoms with Crippen LogP contribution in [0.15, 0.2) is 18.2 Å². The summed E-state index contributed by atoms with van der Waals surface area (Å²) in [7, 11) is -3.59. The zero-order valence-electron chi connectivity index (χ0n) is 20.3. The van der Waals surface area contributed by atoms with E-state index in [0.29, 0.717) is 31.4 Å². The van der Waals surface area contributed by atoms with E-state index in [9.17, 15) is 23.1 Å². The van der Waals surface area contributed by atoms with E-state index in [0.717, 1.165) is 25.7 Å². The van der Waals surface area contributed by atoms with Gasteiger partial charge in [0.05, 0.1) is 11.3 Å². The standard InChI is InChI=1S/C24H37N5O5S/c1-2-35(33,34)28-19(13-16-7-4-3-5-8-16)24(32)29-12-6-9-20(29)23(31)27-15-17-10-11-18(22(25)26)21(30)14-17/h10-11,14,16,19-20,28,30H,2-9,12-13,15H2,1H3,(H3,25,26)(H,27,31). The number of nitrogens with two attached hydrogens (primary N) is 1. The quantitative estimate of drug-likeness (QED) is 0.238. The molecule has 35 heavy (non-hydrogen) atoms. The summed E-state index contributed by atoms with van der Waals surface area (Å²) in [5.41, 5.74) is 6.26. The van der Waals surface area contributed by atoms with E-state index in [1.54, 1.807) is 6.07 Å². The molecule has 1 aliphatic heterocycles. The van der Waals surface area contributed by atoms with Crippen LogP contribution in [-0.4, -0.2) is 60.5 Å². The van der Waals surface area contributed by atoms with Crippen molar-refractivity contribution >= 4 is 27.7 Å². The Hall–Kier alpha value is -2.66. The Balaban J connectivity index is 1.68. The summed E-state index contributed by atoms with van der Waals surface area (Å²) in [5, 5.41) is 20.3. The lowest BCUT2D eigenvalue weighted by Crippen LogP contribution is -2.54. The minimum Gasteiger partial charge on any atom is -0.507 e. The van der Waals surface area contributed by atoms with E-state index >= 15 is 0 Å². The number of rotatable bonds is 10. The summed E-state index contributed by atoms with van der Waals surface area (Å²) in [4.78, 5) is 28.0. The Kier molecular flexibility index (Phi) is 9.12. The predicted octanol–water partition coefficient (Wildman–Crippen LogP) is 1.56. The van der Waals surface area contributed by atoms with Crippen LogP contribution < -0.4 is 15.8 Å². The second-order valence-corrected chi connectivity index (χ2v) is 11.5. The van der Waals surface area contributed by atoms with Crippen LogP contribution >= 0.6 is 0 Å². The Bertz CT molecular complexity index is 1040. The lowest BCUT2D eigenvalue weighted by Gasteiger charge is -2.31. The van der Waals surface area contributed by atoms with Crippen LogP contribution in [0.25, 0.3) is 0 Å². The molecule has 0 bridgehead atoms. The highest BCUT2D eigenvalue weighted by molar-refractivity contribution is 7.89. The van der Waals surface area contributed by atoms with Gasteiger partial charge < -0.3 is 21.1 Å². The summed E-state index contributed by atoms with van der Waals surface area (Å²) < 4.78 is 27.3. The van der Waals surface area contributed by atoms with Gasteiger partial charge in [0, 0.05) is 13.1 Å². The zero-order valence-corrected chi connectivity index (χ0v) is 21.1. The van der Waals surface area contributed by atoms with Crippen molar-refractivity contribution in [1.82, 2.24) is 14.9 Å². The van der Waals surface area contributed by atoms with Crippen molar-refractivity contribution in [3.05, 3.63) is 29.3 Å². The van der Waals surface area contributed by atoms with Crippen LogP contribution in [0.1, 0.15) is 69.4 Å². The molecule has 6 N–H and O–H groups in total. The van der Waals surface area contributed by atoms with Gasteiger partial charge >= 0.3 is 0 Å². The molecule has 1 aromatic carbocycles. The monoisotopic (exact) mass is 507 g/mol. The molecule has 1 heterocycles. The molecule has 2 fully saturated rings. The minimum atomic E-state index is -3.59. The minimum absolute atomic E-state index is 0.110. The fraction of sp³-hybridized carbons (Fsp3) is 0.625. The maximum absolute atomic E-state index is 13.5. The largest absolute Gasteiger partial charge is 0.507 e. The van der Waals surface area contributed by atoms with E-state index in [1.165, 1.54) is 30.4 Å². The molecule has 0 radical (unpaired) electrons. The number of amides is 2. The third kappa shape index (κ3) is 7.17. The van der Waals surface area contributed by atoms with Gasteiger partial charge in [-0.25, -0.2) is 13.1 Å². The highest BCUT2D eigenvalue weighted by Gasteiger charge is 2.39. The number of sulfonamides is 1. The summed E-state index contributed by atoms with van der Waals surface area (Å²) >= 11 is 0. The number of carbonyl (C=O) groups excluding carboxylic acids is 2. The molecule has 1 aliphatic carbocycles. The molecule has 1 saturated heterocycles. The van der Waals surface area contributed by atoms with Crippen molar-refractivity contribution in [3.63, 3.8) is 0 Å². The van der Waals surface area contributed by atoms with Crippen molar-refractivity contribution in [2.75, 3.05) is 12.3 Å². The van der Waals surface area contributed by atoms with Crippen LogP contribution in [-0.2, 0) is 26.2 Å². The summed E-state index contributed by atoms with van der Waals surface area (Å²) in [6.07, 6.45) is 6.92. The van der Waals surface area contributed by atoms with Crippen molar-refractivity contribution < 1.29 is 23.1 Å². The predicted molar refractivity (Wildman–Crippen MR) is 133 cm³/mol. The molecule has 10 nitrogen and oxygen atoms in total. The molecular formula is C24H37N5O5S. The van der Waals surface area contributed by atoms with Gasteiger partial charge in [-0.1, -0.05) is 38.2 Å². The van der Waals surface area contributed by atoms with E-state index in [1.807, 2.05) is 0 Å². The highest BCUT2D eigenvalue weighted by atomic mass is 32.2. The summed E-state index contributed by atoms with van der Waals surface area (Å²) in [6.45, 7) is 2.08. The number of likely N-dealkylation sites (tertiary alicyclic amines) is 1. The number of aromatic hydroxyl groups is 1. The number of hydrogen-bond donors (Lipinski definition) is 5. The highest BCUT2D eigenvalue weighted by Crippen LogP contribution is 2.29. The lowest BCUT2D eigenvalue weighted by atomic mass is 9.84. The van der Waals surface area contributed by atoms with Gasteiger partial charge in [0.25, 0.3) is 0 Å². The Labute approximate surface area is 207 Å². The van der Waals surface area contributed by atoms with Gasteiger partial charge in [0.15, 0.2) is 0 Å². The molecule has 11 heteroatoms. The summed E-state index contributed by atoms with van der Waals surface area (Å²) in [5.74, 6) is -0.872. The normalized spacial score (nSPS) is 19.9. The number of nitrogens with one attached hydrogen (secondary N) is 3. The Morgan fingerprint density at radius 3 is 2.54 bits per heavy atom. The first-order chi connectivity index (χ1) is 16.6. The van der Waals surface area contributed by atoms with Crippen LogP contribution in [0.4, 0.5) is 0 Å². The number of nitrogens with zero attached hydrogens (tertiary/aromatic N) is 1. The second kappa shape index (κ2) is 11.9. The molecule has 1 aromatic rings. The van der Waals surface area contributed by atoms with E-state index < -0.39 is 22.1 Å². The number of nitrogen functional groups attached to an aromatic ring is 1. The third-order valence-corrected chi connectivity index (χ3v) is 8.36. The van der Waals surface area contributed by atoms with Gasteiger partial charge in [0.2, 0.25) is 21.8 Å². The zero-order chi connectivity index (χ0) is 25.6. The topological polar surface area (TPSA) is 166 Å². The van der Waals surface area contributed by atoms with E-state index in [4.69, 9.17) is 11.1 Å². The number of carbonyl (C=O) groups is 2. The molecule has 0 spiro atoms. The number of phenolic OH excluding ortho intramolecular Hbond substituents is 1. The maximum Gasteiger partial charge on any atom is 0.243 e. The van der Waals surface area contributed by atoms with Gasteiger partial charge in [-0.15, -0.1) is 0 Å². The smallest absolute Gasteiger partial charge is 0.243 e. The van der Waals surface area contributed by atoms with Crippen molar-refractivity contribution in [3.8, 4) is 5.75 Å². The van der Waals surface area contributed by atoms with E-state index in [-0.39, 0.29) is 47.2 Å². The van der Waals surface area contributed by atoms with Crippen LogP contribution in [0.2, 0.25) is 0 Å². The molecule has 2 unspecified atom stereocenters. The first kappa shape index (κ1) is 26.9. The molecule has 2 amide bonds. The molecule has 194 valence electrons. The third-order valence-electron chi connectivity index (χ3n) is 6.95. The van der Waals surface area contributed by atoms with E-state index in [2.05, 4.69) is 10.0 Å². The van der Waals surface area contributed by atoms with Crippen molar-refractivity contribution in [2.24, 2.45) is 11.7 Å². The van der Waals surface area contributed by atoms with Crippen molar-refractivity contribution in [2.45, 2.75) is 76.9 Å². The number of phenols is 1. The first-order valence-electron chi connectivity index (χ1n) is 12.4. The van der Waals surface area contributed by atoms with Crippen molar-refractivity contribution in [1.29, 1.82) is 5.41 Å². The average molecular weight is 508 g/mol. The molecule has 0 aromatic heterocycles. The molecule has 2 aliphatic rings. The fourth-order valence-corrected chi connectivity index (χ4v) is 5.78. The number of amidine groups is 1. The fourth-order valence-electron chi connectivity index (χ4n) is 4.98. The average Bonchev–Trinajstić information content (AvgIpc) is 3.32. The molecule has 3 rings (SSSR count). The van der Waals surface area contributed by atoms with Gasteiger partial charge in [-0.2, -0.15) is 0 Å². The Morgan fingerprint density at radius 1 is 1.20 bits per heavy atom. The van der Waals surface area contributed by atoms with Crippen LogP contribution in [0, 0.1) is 11.3 Å². The second-order valence-electron chi connectivity index (χ2n) is 9.49. The maximum atomic E-state index is 13.5.